The minimum absolute atomic E-state index is 0.825. The van der Waals surface area contributed by atoms with E-state index in [1.165, 1.54) is 11.1 Å². The van der Waals surface area contributed by atoms with Crippen LogP contribution >= 0.6 is 0 Å². The predicted molar refractivity (Wildman–Crippen MR) is 85.3 cm³/mol. The van der Waals surface area contributed by atoms with Gasteiger partial charge in [0.05, 0.1) is 12.6 Å². The molecule has 1 aromatic heterocycles. The Labute approximate surface area is 123 Å². The smallest absolute Gasteiger partial charge is 0.141 e. The minimum atomic E-state index is 0.825. The van der Waals surface area contributed by atoms with E-state index in [0.29, 0.717) is 0 Å². The first kappa shape index (κ1) is 13.4. The Morgan fingerprint density at radius 1 is 0.952 bits per heavy atom. The predicted octanol–water partition coefficient (Wildman–Crippen LogP) is 4.00. The van der Waals surface area contributed by atoms with Crippen LogP contribution in [0.3, 0.4) is 0 Å². The molecule has 21 heavy (non-hydrogen) atoms. The van der Waals surface area contributed by atoms with Gasteiger partial charge in [0.15, 0.2) is 0 Å². The molecule has 3 aromatic rings. The van der Waals surface area contributed by atoms with E-state index >= 15 is 0 Å². The van der Waals surface area contributed by atoms with Gasteiger partial charge in [-0.15, -0.1) is 0 Å². The van der Waals surface area contributed by atoms with E-state index < -0.39 is 0 Å². The number of benzene rings is 2. The molecule has 1 heterocycles. The molecule has 0 spiro atoms. The normalized spacial score (nSPS) is 10.6. The fraction of sp³-hybridized carbons (Fsp3) is 0.176. The number of anilines is 2. The number of hydrogen-bond donors (Lipinski definition) is 1. The van der Waals surface area contributed by atoms with Gasteiger partial charge in [-0.25, -0.2) is 9.97 Å². The quantitative estimate of drug-likeness (QED) is 0.787. The van der Waals surface area contributed by atoms with Crippen molar-refractivity contribution in [2.24, 2.45) is 0 Å². The first-order valence-electron chi connectivity index (χ1n) is 6.81. The Balaban J connectivity index is 2.05. The van der Waals surface area contributed by atoms with E-state index in [1.807, 2.05) is 30.3 Å². The van der Waals surface area contributed by atoms with Crippen molar-refractivity contribution in [3.8, 4) is 5.75 Å². The molecule has 0 aliphatic carbocycles. The number of methoxy groups -OCH3 is 1. The van der Waals surface area contributed by atoms with Crippen LogP contribution < -0.4 is 10.1 Å². The van der Waals surface area contributed by atoms with E-state index in [-0.39, 0.29) is 0 Å². The molecule has 0 amide bonds. The molecule has 0 aliphatic heterocycles. The molecule has 0 aliphatic rings. The van der Waals surface area contributed by atoms with E-state index in [1.54, 1.807) is 13.4 Å². The maximum atomic E-state index is 5.17. The van der Waals surface area contributed by atoms with Gasteiger partial charge in [0.25, 0.3) is 0 Å². The van der Waals surface area contributed by atoms with Crippen LogP contribution in [0.25, 0.3) is 10.9 Å². The maximum absolute atomic E-state index is 5.17. The Hall–Kier alpha value is -2.62. The van der Waals surface area contributed by atoms with Crippen LogP contribution in [0.15, 0.2) is 42.7 Å². The van der Waals surface area contributed by atoms with Crippen molar-refractivity contribution in [2.45, 2.75) is 13.8 Å². The van der Waals surface area contributed by atoms with Gasteiger partial charge in [-0.2, -0.15) is 0 Å². The largest absolute Gasteiger partial charge is 0.497 e. The van der Waals surface area contributed by atoms with Gasteiger partial charge in [-0.1, -0.05) is 6.07 Å². The average molecular weight is 279 g/mol. The van der Waals surface area contributed by atoms with Gasteiger partial charge in [-0.3, -0.25) is 0 Å². The number of hydrogen-bond acceptors (Lipinski definition) is 4. The SMILES string of the molecule is COc1ccc(Nc2ncnc3ccc(C)c(C)c23)cc1. The lowest BCUT2D eigenvalue weighted by Gasteiger charge is -2.12. The number of nitrogens with zero attached hydrogens (tertiary/aromatic N) is 2. The van der Waals surface area contributed by atoms with Crippen LogP contribution in [0.2, 0.25) is 0 Å². The molecule has 0 fully saturated rings. The highest BCUT2D eigenvalue weighted by molar-refractivity contribution is 5.94. The van der Waals surface area contributed by atoms with Crippen molar-refractivity contribution in [3.63, 3.8) is 0 Å². The molecule has 0 saturated heterocycles. The van der Waals surface area contributed by atoms with Crippen LogP contribution in [0, 0.1) is 13.8 Å². The van der Waals surface area contributed by atoms with E-state index in [4.69, 9.17) is 4.74 Å². The summed E-state index contributed by atoms with van der Waals surface area (Å²) in [6.45, 7) is 4.19. The molecular formula is C17H17N3O. The standard InChI is InChI=1S/C17H17N3O/c1-11-4-9-15-16(12(11)2)17(19-10-18-15)20-13-5-7-14(21-3)8-6-13/h4-10H,1-3H3,(H,18,19,20). The number of aryl methyl sites for hydroxylation is 2. The molecule has 1 N–H and O–H groups in total. The molecule has 0 bridgehead atoms. The summed E-state index contributed by atoms with van der Waals surface area (Å²) in [5, 5.41) is 4.42. The number of rotatable bonds is 3. The summed E-state index contributed by atoms with van der Waals surface area (Å²) in [5.41, 5.74) is 4.35. The number of aromatic nitrogens is 2. The molecule has 0 atom stereocenters. The molecule has 3 rings (SSSR count). The van der Waals surface area contributed by atoms with Crippen molar-refractivity contribution in [1.29, 1.82) is 0 Å². The minimum Gasteiger partial charge on any atom is -0.497 e. The lowest BCUT2D eigenvalue weighted by molar-refractivity contribution is 0.415. The van der Waals surface area contributed by atoms with Gasteiger partial charge >= 0.3 is 0 Å². The van der Waals surface area contributed by atoms with Crippen LogP contribution in [0.1, 0.15) is 11.1 Å². The Morgan fingerprint density at radius 2 is 1.71 bits per heavy atom. The summed E-state index contributed by atoms with van der Waals surface area (Å²) in [5.74, 6) is 1.66. The average Bonchev–Trinajstić information content (AvgIpc) is 2.52. The lowest BCUT2D eigenvalue weighted by atomic mass is 10.0. The van der Waals surface area contributed by atoms with Crippen LogP contribution in [0.4, 0.5) is 11.5 Å². The third kappa shape index (κ3) is 2.52. The zero-order chi connectivity index (χ0) is 14.8. The van der Waals surface area contributed by atoms with Crippen LogP contribution in [-0.2, 0) is 0 Å². The van der Waals surface area contributed by atoms with Gasteiger partial charge in [0.1, 0.15) is 17.9 Å². The summed E-state index contributed by atoms with van der Waals surface area (Å²) in [4.78, 5) is 8.73. The van der Waals surface area contributed by atoms with E-state index in [9.17, 15) is 0 Å². The fourth-order valence-electron chi connectivity index (χ4n) is 2.33. The summed E-state index contributed by atoms with van der Waals surface area (Å²) >= 11 is 0. The lowest BCUT2D eigenvalue weighted by Crippen LogP contribution is -1.98. The second-order valence-corrected chi connectivity index (χ2v) is 4.98. The Kier molecular flexibility index (Phi) is 3.44. The van der Waals surface area contributed by atoms with Crippen molar-refractivity contribution in [2.75, 3.05) is 12.4 Å². The van der Waals surface area contributed by atoms with Crippen molar-refractivity contribution >= 4 is 22.4 Å². The van der Waals surface area contributed by atoms with E-state index in [0.717, 1.165) is 28.2 Å². The maximum Gasteiger partial charge on any atom is 0.141 e. The molecule has 4 nitrogen and oxygen atoms in total. The molecular weight excluding hydrogens is 262 g/mol. The number of nitrogens with one attached hydrogen (secondary N) is 1. The Morgan fingerprint density at radius 3 is 2.43 bits per heavy atom. The zero-order valence-electron chi connectivity index (χ0n) is 12.3. The molecule has 0 saturated carbocycles. The number of ether oxygens (including phenoxy) is 1. The van der Waals surface area contributed by atoms with Gasteiger partial charge in [0, 0.05) is 11.1 Å². The molecule has 106 valence electrons. The summed E-state index contributed by atoms with van der Waals surface area (Å²) < 4.78 is 5.17. The second-order valence-electron chi connectivity index (χ2n) is 4.98. The summed E-state index contributed by atoms with van der Waals surface area (Å²) in [6, 6.07) is 11.9. The van der Waals surface area contributed by atoms with Crippen molar-refractivity contribution in [1.82, 2.24) is 9.97 Å². The first-order chi connectivity index (χ1) is 10.2. The zero-order valence-corrected chi connectivity index (χ0v) is 12.3. The van der Waals surface area contributed by atoms with Crippen molar-refractivity contribution in [3.05, 3.63) is 53.9 Å². The van der Waals surface area contributed by atoms with Crippen LogP contribution in [0.5, 0.6) is 5.75 Å². The summed E-state index contributed by atoms with van der Waals surface area (Å²) in [7, 11) is 1.66. The highest BCUT2D eigenvalue weighted by Crippen LogP contribution is 2.28. The molecule has 2 aromatic carbocycles. The van der Waals surface area contributed by atoms with E-state index in [2.05, 4.69) is 35.2 Å². The second kappa shape index (κ2) is 5.40. The number of fused-ring (bicyclic) bond motifs is 1. The van der Waals surface area contributed by atoms with Crippen LogP contribution in [-0.4, -0.2) is 17.1 Å². The Bertz CT molecular complexity index is 782. The van der Waals surface area contributed by atoms with Gasteiger partial charge in [-0.05, 0) is 55.3 Å². The van der Waals surface area contributed by atoms with Gasteiger partial charge in [0.2, 0.25) is 0 Å². The third-order valence-corrected chi connectivity index (χ3v) is 3.69. The highest BCUT2D eigenvalue weighted by Gasteiger charge is 2.08. The topological polar surface area (TPSA) is 47.0 Å². The monoisotopic (exact) mass is 279 g/mol. The van der Waals surface area contributed by atoms with Crippen molar-refractivity contribution < 1.29 is 4.74 Å². The third-order valence-electron chi connectivity index (χ3n) is 3.69. The first-order valence-corrected chi connectivity index (χ1v) is 6.81. The summed E-state index contributed by atoms with van der Waals surface area (Å²) in [6.07, 6.45) is 1.59. The highest BCUT2D eigenvalue weighted by atomic mass is 16.5. The van der Waals surface area contributed by atoms with Gasteiger partial charge < -0.3 is 10.1 Å². The molecule has 0 unspecified atom stereocenters. The fourth-order valence-corrected chi connectivity index (χ4v) is 2.33. The molecule has 4 heteroatoms. The molecule has 0 radical (unpaired) electrons.